The number of amides is 1. The Bertz CT molecular complexity index is 1400. The van der Waals surface area contributed by atoms with Crippen molar-refractivity contribution in [3.8, 4) is 0 Å². The van der Waals surface area contributed by atoms with Crippen LogP contribution in [0.15, 0.2) is 75.2 Å². The quantitative estimate of drug-likeness (QED) is 0.226. The monoisotopic (exact) mass is 497 g/mol. The molecule has 0 saturated carbocycles. The first-order valence-corrected chi connectivity index (χ1v) is 11.5. The largest absolute Gasteiger partial charge is 0.467 e. The fourth-order valence-corrected chi connectivity index (χ4v) is 4.26. The number of thioether (sulfide) groups is 1. The summed E-state index contributed by atoms with van der Waals surface area (Å²) < 4.78 is 11.6. The van der Waals surface area contributed by atoms with Crippen LogP contribution in [0.2, 0.25) is 5.02 Å². The molecule has 4 rings (SSSR count). The molecule has 1 atom stereocenters. The Kier molecular flexibility index (Phi) is 7.04. The second kappa shape index (κ2) is 10.1. The Morgan fingerprint density at radius 3 is 2.65 bits per heavy atom. The Balaban J connectivity index is 1.70. The molecule has 0 aliphatic rings. The number of rotatable bonds is 7. The van der Waals surface area contributed by atoms with Gasteiger partial charge in [0.25, 0.3) is 5.56 Å². The van der Waals surface area contributed by atoms with Crippen LogP contribution in [-0.4, -0.2) is 33.8 Å². The number of ether oxygens (including phenoxy) is 1. The molecule has 2 heterocycles. The maximum Gasteiger partial charge on any atom is 0.337 e. The SMILES string of the molecule is COC(=O)c1ccc2c(=O)n(Cc3ccco3)c(SC(C)C(=O)Nc3ccc(Cl)cc3)nc2c1. The molecule has 0 aliphatic heterocycles. The number of carbonyl (C=O) groups excluding carboxylic acids is 2. The van der Waals surface area contributed by atoms with Gasteiger partial charge in [-0.3, -0.25) is 14.2 Å². The van der Waals surface area contributed by atoms with Crippen molar-refractivity contribution in [1.29, 1.82) is 0 Å². The molecule has 1 N–H and O–H groups in total. The predicted molar refractivity (Wildman–Crippen MR) is 131 cm³/mol. The molecule has 0 bridgehead atoms. The van der Waals surface area contributed by atoms with Gasteiger partial charge in [-0.15, -0.1) is 0 Å². The zero-order chi connectivity index (χ0) is 24.2. The number of anilines is 1. The third-order valence-electron chi connectivity index (χ3n) is 5.00. The maximum absolute atomic E-state index is 13.3. The van der Waals surface area contributed by atoms with Gasteiger partial charge in [0.2, 0.25) is 5.91 Å². The highest BCUT2D eigenvalue weighted by atomic mass is 35.5. The van der Waals surface area contributed by atoms with E-state index in [9.17, 15) is 14.4 Å². The van der Waals surface area contributed by atoms with Crippen LogP contribution < -0.4 is 10.9 Å². The molecule has 0 spiro atoms. The predicted octanol–water partition coefficient (Wildman–Crippen LogP) is 4.60. The van der Waals surface area contributed by atoms with Gasteiger partial charge in [0.1, 0.15) is 5.76 Å². The van der Waals surface area contributed by atoms with E-state index in [1.165, 1.54) is 30.1 Å². The minimum Gasteiger partial charge on any atom is -0.467 e. The molecule has 0 radical (unpaired) electrons. The smallest absolute Gasteiger partial charge is 0.337 e. The highest BCUT2D eigenvalue weighted by Gasteiger charge is 2.21. The maximum atomic E-state index is 13.3. The van der Waals surface area contributed by atoms with Crippen LogP contribution in [0.1, 0.15) is 23.0 Å². The van der Waals surface area contributed by atoms with Crippen LogP contribution in [0.25, 0.3) is 10.9 Å². The molecule has 2 aromatic heterocycles. The number of nitrogens with zero attached hydrogens (tertiary/aromatic N) is 2. The van der Waals surface area contributed by atoms with Gasteiger partial charge in [0, 0.05) is 10.7 Å². The van der Waals surface area contributed by atoms with Crippen LogP contribution >= 0.6 is 23.4 Å². The van der Waals surface area contributed by atoms with Crippen LogP contribution in [-0.2, 0) is 16.1 Å². The summed E-state index contributed by atoms with van der Waals surface area (Å²) >= 11 is 7.03. The minimum absolute atomic E-state index is 0.140. The molecule has 1 amide bonds. The van der Waals surface area contributed by atoms with Gasteiger partial charge in [-0.25, -0.2) is 9.78 Å². The lowest BCUT2D eigenvalue weighted by molar-refractivity contribution is -0.115. The Labute approximate surface area is 203 Å². The first-order valence-electron chi connectivity index (χ1n) is 10.2. The molecule has 0 saturated heterocycles. The van der Waals surface area contributed by atoms with E-state index in [1.807, 2.05) is 0 Å². The van der Waals surface area contributed by atoms with Crippen molar-refractivity contribution in [2.45, 2.75) is 23.9 Å². The number of methoxy groups -OCH3 is 1. The molecular formula is C24H20ClN3O5S. The number of furan rings is 1. The first-order chi connectivity index (χ1) is 16.4. The van der Waals surface area contributed by atoms with Crippen molar-refractivity contribution < 1.29 is 18.7 Å². The van der Waals surface area contributed by atoms with E-state index >= 15 is 0 Å². The number of nitrogens with one attached hydrogen (secondary N) is 1. The fraction of sp³-hybridized carbons (Fsp3) is 0.167. The van der Waals surface area contributed by atoms with Gasteiger partial charge < -0.3 is 14.5 Å². The Hall–Kier alpha value is -3.56. The van der Waals surface area contributed by atoms with Crippen molar-refractivity contribution in [2.75, 3.05) is 12.4 Å². The Morgan fingerprint density at radius 1 is 1.21 bits per heavy atom. The highest BCUT2D eigenvalue weighted by molar-refractivity contribution is 8.00. The molecule has 0 aliphatic carbocycles. The Morgan fingerprint density at radius 2 is 1.97 bits per heavy atom. The molecule has 2 aromatic carbocycles. The molecule has 174 valence electrons. The number of esters is 1. The summed E-state index contributed by atoms with van der Waals surface area (Å²) in [7, 11) is 1.28. The summed E-state index contributed by atoms with van der Waals surface area (Å²) in [4.78, 5) is 42.7. The molecule has 10 heteroatoms. The van der Waals surface area contributed by atoms with Crippen LogP contribution in [0, 0.1) is 0 Å². The van der Waals surface area contributed by atoms with Gasteiger partial charge in [-0.05, 0) is 61.5 Å². The van der Waals surface area contributed by atoms with E-state index in [4.69, 9.17) is 20.8 Å². The van der Waals surface area contributed by atoms with E-state index in [0.29, 0.717) is 32.5 Å². The number of carbonyl (C=O) groups is 2. The topological polar surface area (TPSA) is 103 Å². The zero-order valence-corrected chi connectivity index (χ0v) is 19.9. The molecule has 4 aromatic rings. The molecule has 8 nitrogen and oxygen atoms in total. The molecule has 0 fully saturated rings. The van der Waals surface area contributed by atoms with Crippen LogP contribution in [0.3, 0.4) is 0 Å². The van der Waals surface area contributed by atoms with Crippen molar-refractivity contribution in [3.63, 3.8) is 0 Å². The minimum atomic E-state index is -0.591. The highest BCUT2D eigenvalue weighted by Crippen LogP contribution is 2.25. The third kappa shape index (κ3) is 5.16. The molecular weight excluding hydrogens is 478 g/mol. The number of halogens is 1. The van der Waals surface area contributed by atoms with Crippen molar-refractivity contribution in [1.82, 2.24) is 9.55 Å². The summed E-state index contributed by atoms with van der Waals surface area (Å²) in [5, 5.41) is 3.45. The lowest BCUT2D eigenvalue weighted by atomic mass is 10.1. The summed E-state index contributed by atoms with van der Waals surface area (Å²) in [6.45, 7) is 1.86. The number of benzene rings is 2. The summed E-state index contributed by atoms with van der Waals surface area (Å²) in [6.07, 6.45) is 1.52. The summed E-state index contributed by atoms with van der Waals surface area (Å²) in [5.41, 5.74) is 0.890. The zero-order valence-electron chi connectivity index (χ0n) is 18.3. The molecule has 34 heavy (non-hydrogen) atoms. The second-order valence-corrected chi connectivity index (χ2v) is 9.09. The average molecular weight is 498 g/mol. The number of hydrogen-bond acceptors (Lipinski definition) is 7. The van der Waals surface area contributed by atoms with Gasteiger partial charge in [-0.1, -0.05) is 23.4 Å². The van der Waals surface area contributed by atoms with E-state index in [-0.39, 0.29) is 23.6 Å². The number of aromatic nitrogens is 2. The first kappa shape index (κ1) is 23.6. The third-order valence-corrected chi connectivity index (χ3v) is 6.34. The lowest BCUT2D eigenvalue weighted by Crippen LogP contribution is -2.27. The average Bonchev–Trinajstić information content (AvgIpc) is 3.35. The molecule has 1 unspecified atom stereocenters. The lowest BCUT2D eigenvalue weighted by Gasteiger charge is -2.16. The summed E-state index contributed by atoms with van der Waals surface area (Å²) in [5.74, 6) is -0.238. The van der Waals surface area contributed by atoms with E-state index < -0.39 is 11.2 Å². The summed E-state index contributed by atoms with van der Waals surface area (Å²) in [6, 6.07) is 14.8. The normalized spacial score (nSPS) is 11.9. The van der Waals surface area contributed by atoms with E-state index in [2.05, 4.69) is 10.3 Å². The number of fused-ring (bicyclic) bond motifs is 1. The van der Waals surface area contributed by atoms with Gasteiger partial charge in [-0.2, -0.15) is 0 Å². The van der Waals surface area contributed by atoms with Crippen molar-refractivity contribution >= 4 is 51.8 Å². The standard InChI is InChI=1S/C24H20ClN3O5S/c1-14(21(29)26-17-8-6-16(25)7-9-17)34-24-27-20-12-15(23(31)32-2)5-10-19(20)22(30)28(24)13-18-4-3-11-33-18/h3-12,14H,13H2,1-2H3,(H,26,29). The van der Waals surface area contributed by atoms with Gasteiger partial charge in [0.05, 0.1) is 41.6 Å². The van der Waals surface area contributed by atoms with Crippen molar-refractivity contribution in [3.05, 3.63) is 87.6 Å². The van der Waals surface area contributed by atoms with Crippen LogP contribution in [0.5, 0.6) is 0 Å². The van der Waals surface area contributed by atoms with Crippen LogP contribution in [0.4, 0.5) is 5.69 Å². The van der Waals surface area contributed by atoms with Gasteiger partial charge >= 0.3 is 5.97 Å². The fourth-order valence-electron chi connectivity index (χ4n) is 3.22. The van der Waals surface area contributed by atoms with E-state index in [1.54, 1.807) is 49.4 Å². The van der Waals surface area contributed by atoms with Gasteiger partial charge in [0.15, 0.2) is 5.16 Å². The van der Waals surface area contributed by atoms with E-state index in [0.717, 1.165) is 11.8 Å². The van der Waals surface area contributed by atoms with Crippen molar-refractivity contribution in [2.24, 2.45) is 0 Å². The second-order valence-electron chi connectivity index (χ2n) is 7.34. The number of hydrogen-bond donors (Lipinski definition) is 1.